The van der Waals surface area contributed by atoms with Crippen molar-refractivity contribution in [3.63, 3.8) is 0 Å². The molecule has 3 aromatic heterocycles. The maximum atomic E-state index is 14.6. The van der Waals surface area contributed by atoms with Crippen LogP contribution in [0.4, 0.5) is 4.39 Å². The zero-order valence-electron chi connectivity index (χ0n) is 20.9. The molecule has 11 heteroatoms. The minimum absolute atomic E-state index is 0.0170. The van der Waals surface area contributed by atoms with E-state index in [9.17, 15) is 24.0 Å². The lowest BCUT2D eigenvalue weighted by atomic mass is 9.99. The second-order valence-electron chi connectivity index (χ2n) is 10.8. The predicted molar refractivity (Wildman–Crippen MR) is 147 cm³/mol. The fourth-order valence-electron chi connectivity index (χ4n) is 5.83. The smallest absolute Gasteiger partial charge is 0.256 e. The molecule has 0 bridgehead atoms. The Bertz CT molecular complexity index is 1590. The first kappa shape index (κ1) is 25.3. The van der Waals surface area contributed by atoms with E-state index in [1.165, 1.54) is 21.1 Å². The topological polar surface area (TPSA) is 107 Å². The van der Waals surface area contributed by atoms with Gasteiger partial charge in [0.25, 0.3) is 5.91 Å². The number of hydrogen-bond acceptors (Lipinski definition) is 7. The Labute approximate surface area is 236 Å². The summed E-state index contributed by atoms with van der Waals surface area (Å²) in [7, 11) is 0. The van der Waals surface area contributed by atoms with E-state index in [0.717, 1.165) is 9.58 Å². The summed E-state index contributed by atoms with van der Waals surface area (Å²) in [6.45, 7) is 6.09. The molecule has 6 rings (SSSR count). The highest BCUT2D eigenvalue weighted by atomic mass is 127. The van der Waals surface area contributed by atoms with Gasteiger partial charge in [0.1, 0.15) is 11.8 Å². The number of halogens is 2. The van der Waals surface area contributed by atoms with Crippen LogP contribution in [0.1, 0.15) is 46.8 Å². The van der Waals surface area contributed by atoms with E-state index < -0.39 is 3.68 Å². The van der Waals surface area contributed by atoms with E-state index in [-0.39, 0.29) is 60.2 Å². The average Bonchev–Trinajstić information content (AvgIpc) is 3.20. The summed E-state index contributed by atoms with van der Waals surface area (Å²) >= 11 is 3.12. The van der Waals surface area contributed by atoms with Gasteiger partial charge < -0.3 is 4.90 Å². The molecule has 5 heterocycles. The van der Waals surface area contributed by atoms with Crippen LogP contribution in [0.15, 0.2) is 24.4 Å². The number of thiophene rings is 1. The largest absolute Gasteiger partial charge is 0.334 e. The molecular weight excluding hydrogens is 620 g/mol. The lowest BCUT2D eigenvalue weighted by molar-refractivity contribution is -0.143. The van der Waals surface area contributed by atoms with Gasteiger partial charge in [-0.1, -0.05) is 13.8 Å². The highest BCUT2D eigenvalue weighted by Crippen LogP contribution is 2.63. The van der Waals surface area contributed by atoms with Crippen molar-refractivity contribution in [2.24, 2.45) is 17.3 Å². The van der Waals surface area contributed by atoms with Crippen LogP contribution in [-0.2, 0) is 16.1 Å². The van der Waals surface area contributed by atoms with Gasteiger partial charge >= 0.3 is 0 Å². The van der Waals surface area contributed by atoms with E-state index in [1.807, 2.05) is 19.9 Å². The first-order chi connectivity index (χ1) is 17.9. The number of hydrogen-bond donors (Lipinski definition) is 0. The number of aromatic nitrogens is 2. The number of carbonyl (C=O) groups is 3. The molecule has 8 nitrogen and oxygen atoms in total. The number of nitrogens with zero attached hydrogens (tertiary/aromatic N) is 5. The van der Waals surface area contributed by atoms with Crippen LogP contribution in [-0.4, -0.2) is 54.3 Å². The molecule has 3 amide bonds. The number of piperidine rings is 1. The summed E-state index contributed by atoms with van der Waals surface area (Å²) in [5, 5.41) is 9.59. The predicted octanol–water partition coefficient (Wildman–Crippen LogP) is 4.63. The van der Waals surface area contributed by atoms with E-state index >= 15 is 0 Å². The normalized spacial score (nSPS) is 25.7. The van der Waals surface area contributed by atoms with Crippen LogP contribution in [0.3, 0.4) is 0 Å². The van der Waals surface area contributed by atoms with E-state index in [0.29, 0.717) is 34.4 Å². The first-order valence-electron chi connectivity index (χ1n) is 12.2. The van der Waals surface area contributed by atoms with Gasteiger partial charge in [0.15, 0.2) is 3.68 Å². The van der Waals surface area contributed by atoms with Crippen molar-refractivity contribution >= 4 is 61.9 Å². The van der Waals surface area contributed by atoms with Crippen molar-refractivity contribution in [3.05, 3.63) is 46.1 Å². The maximum absolute atomic E-state index is 14.6. The average molecular weight is 643 g/mol. The Balaban J connectivity index is 1.40. The Morgan fingerprint density at radius 1 is 1.29 bits per heavy atom. The zero-order chi connectivity index (χ0) is 27.1. The van der Waals surface area contributed by atoms with Crippen molar-refractivity contribution < 1.29 is 18.8 Å². The van der Waals surface area contributed by atoms with Crippen LogP contribution in [0.5, 0.6) is 0 Å². The third-order valence-corrected chi connectivity index (χ3v) is 9.95. The molecule has 3 fully saturated rings. The lowest BCUT2D eigenvalue weighted by Gasteiger charge is -2.20. The maximum Gasteiger partial charge on any atom is 0.256 e. The molecule has 3 aliphatic rings. The molecule has 38 heavy (non-hydrogen) atoms. The van der Waals surface area contributed by atoms with E-state index in [2.05, 4.69) is 16.0 Å². The Hall–Kier alpha value is -2.98. The molecule has 2 saturated heterocycles. The fraction of sp³-hybridized carbons (Fsp3) is 0.407. The highest BCUT2D eigenvalue weighted by molar-refractivity contribution is 14.1. The second-order valence-corrected chi connectivity index (χ2v) is 13.9. The van der Waals surface area contributed by atoms with Crippen LogP contribution in [0.2, 0.25) is 0 Å². The summed E-state index contributed by atoms with van der Waals surface area (Å²) in [6.07, 6.45) is 1.85. The van der Waals surface area contributed by atoms with Crippen molar-refractivity contribution in [3.8, 4) is 17.3 Å². The molecule has 0 radical (unpaired) electrons. The van der Waals surface area contributed by atoms with Gasteiger partial charge in [-0.25, -0.2) is 9.37 Å². The quantitative estimate of drug-likeness (QED) is 0.233. The Morgan fingerprint density at radius 2 is 2.00 bits per heavy atom. The number of imide groups is 1. The minimum atomic E-state index is -1.48. The van der Waals surface area contributed by atoms with E-state index in [1.54, 1.807) is 47.8 Å². The van der Waals surface area contributed by atoms with E-state index in [4.69, 9.17) is 0 Å². The van der Waals surface area contributed by atoms with Gasteiger partial charge in [-0.2, -0.15) is 5.26 Å². The van der Waals surface area contributed by atoms with Crippen LogP contribution < -0.4 is 0 Å². The summed E-state index contributed by atoms with van der Waals surface area (Å²) in [5.74, 6) is -1.09. The number of aryl methyl sites for hydroxylation is 1. The summed E-state index contributed by atoms with van der Waals surface area (Å²) in [5.41, 5.74) is 2.41. The van der Waals surface area contributed by atoms with Crippen LogP contribution in [0.25, 0.3) is 21.5 Å². The molecule has 194 valence electrons. The number of pyridine rings is 2. The van der Waals surface area contributed by atoms with Gasteiger partial charge in [-0.05, 0) is 58.7 Å². The Morgan fingerprint density at radius 3 is 2.63 bits per heavy atom. The molecular formula is C27H23FIN5O3S. The van der Waals surface area contributed by atoms with Gasteiger partial charge in [0.2, 0.25) is 11.8 Å². The molecule has 3 aromatic rings. The van der Waals surface area contributed by atoms with Crippen LogP contribution in [0, 0.1) is 35.5 Å². The number of likely N-dealkylation sites (tertiary alicyclic amines) is 2. The molecule has 1 aliphatic carbocycles. The standard InChI is InChI=1S/C27H23FIN5O3S/c1-13-8-14(10-30)32-21(18(13)23(35)33-7-5-27(28,29)12-33)16-4-6-31-17-9-15(38-22(16)17)11-34-24(36)19-20(25(34)37)26(19,2)3/h4,6,8-9,19-20H,5,7,11-12H2,1-3H3. The van der Waals surface area contributed by atoms with Crippen molar-refractivity contribution in [1.29, 1.82) is 5.26 Å². The number of fused-ring (bicyclic) bond motifs is 2. The SMILES string of the molecule is Cc1cc(C#N)nc(-c2ccnc3cc(CN4C(=O)C5C(C4=O)C5(C)C)sc23)c1C(=O)N1CCC(F)(I)C1. The third-order valence-electron chi connectivity index (χ3n) is 7.93. The molecule has 0 aromatic carbocycles. The minimum Gasteiger partial charge on any atom is -0.334 e. The summed E-state index contributed by atoms with van der Waals surface area (Å²) in [4.78, 5) is 51.9. The van der Waals surface area contributed by atoms with Gasteiger partial charge in [-0.3, -0.25) is 24.3 Å². The number of amides is 3. The van der Waals surface area contributed by atoms with Gasteiger partial charge in [-0.15, -0.1) is 11.3 Å². The van der Waals surface area contributed by atoms with Crippen molar-refractivity contribution in [2.75, 3.05) is 13.1 Å². The number of alkyl halides is 2. The second kappa shape index (κ2) is 8.51. The zero-order valence-corrected chi connectivity index (χ0v) is 23.9. The molecule has 0 spiro atoms. The summed E-state index contributed by atoms with van der Waals surface area (Å²) < 4.78 is 13.8. The first-order valence-corrected chi connectivity index (χ1v) is 14.1. The highest BCUT2D eigenvalue weighted by Gasteiger charge is 2.72. The van der Waals surface area contributed by atoms with Crippen molar-refractivity contribution in [2.45, 2.75) is 37.4 Å². The molecule has 1 saturated carbocycles. The Kier molecular flexibility index (Phi) is 5.67. The fourth-order valence-corrected chi connectivity index (χ4v) is 7.60. The lowest BCUT2D eigenvalue weighted by Crippen LogP contribution is -2.35. The number of carbonyl (C=O) groups excluding carboxylic acids is 3. The molecule has 0 N–H and O–H groups in total. The van der Waals surface area contributed by atoms with Crippen LogP contribution >= 0.6 is 33.9 Å². The summed E-state index contributed by atoms with van der Waals surface area (Å²) in [6, 6.07) is 7.21. The van der Waals surface area contributed by atoms with Gasteiger partial charge in [0, 0.05) is 29.6 Å². The molecule has 3 unspecified atom stereocenters. The van der Waals surface area contributed by atoms with Crippen molar-refractivity contribution in [1.82, 2.24) is 19.8 Å². The number of nitriles is 1. The molecule has 2 aliphatic heterocycles. The monoisotopic (exact) mass is 643 g/mol. The third kappa shape index (κ3) is 3.83. The van der Waals surface area contributed by atoms with Gasteiger partial charge in [0.05, 0.1) is 46.4 Å². The molecule has 3 atom stereocenters. The number of rotatable bonds is 4.